The van der Waals surface area contributed by atoms with Gasteiger partial charge in [0.15, 0.2) is 0 Å². The zero-order valence-electron chi connectivity index (χ0n) is 11.6. The minimum atomic E-state index is -0.0153. The summed E-state index contributed by atoms with van der Waals surface area (Å²) in [5, 5.41) is 1.98. The second kappa shape index (κ2) is 4.89. The second-order valence-electron chi connectivity index (χ2n) is 5.21. The molecule has 108 valence electrons. The van der Waals surface area contributed by atoms with E-state index in [0.717, 1.165) is 41.8 Å². The van der Waals surface area contributed by atoms with Gasteiger partial charge >= 0.3 is 0 Å². The first-order valence-electron chi connectivity index (χ1n) is 6.75. The predicted molar refractivity (Wildman–Crippen MR) is 96.4 cm³/mol. The Labute approximate surface area is 143 Å². The molecule has 0 N–H and O–H groups in total. The number of nitrogens with zero attached hydrogens (tertiary/aromatic N) is 2. The van der Waals surface area contributed by atoms with Crippen molar-refractivity contribution in [1.82, 2.24) is 9.55 Å². The van der Waals surface area contributed by atoms with E-state index in [9.17, 15) is 4.79 Å². The van der Waals surface area contributed by atoms with Gasteiger partial charge in [-0.05, 0) is 42.5 Å². The van der Waals surface area contributed by atoms with Crippen molar-refractivity contribution in [3.8, 4) is 0 Å². The van der Waals surface area contributed by atoms with E-state index >= 15 is 0 Å². The van der Waals surface area contributed by atoms with Crippen LogP contribution in [0.15, 0.2) is 51.4 Å². The van der Waals surface area contributed by atoms with E-state index in [2.05, 4.69) is 31.9 Å². The van der Waals surface area contributed by atoms with Crippen molar-refractivity contribution in [3.63, 3.8) is 0 Å². The van der Waals surface area contributed by atoms with Crippen molar-refractivity contribution >= 4 is 70.6 Å². The fourth-order valence-corrected chi connectivity index (χ4v) is 3.61. The minimum Gasteiger partial charge on any atom is -0.278 e. The first kappa shape index (κ1) is 13.9. The normalized spacial score (nSPS) is 11.6. The highest BCUT2D eigenvalue weighted by atomic mass is 79.9. The molecule has 3 nitrogen and oxygen atoms in total. The summed E-state index contributed by atoms with van der Waals surface area (Å²) < 4.78 is 3.69. The highest BCUT2D eigenvalue weighted by Gasteiger charge is 2.15. The average molecular weight is 418 g/mol. The summed E-state index contributed by atoms with van der Waals surface area (Å²) in [4.78, 5) is 16.9. The lowest BCUT2D eigenvalue weighted by Gasteiger charge is -2.03. The number of rotatable bonds is 0. The molecule has 0 spiro atoms. The van der Waals surface area contributed by atoms with Gasteiger partial charge in [0.1, 0.15) is 0 Å². The summed E-state index contributed by atoms with van der Waals surface area (Å²) >= 11 is 6.98. The van der Waals surface area contributed by atoms with Crippen LogP contribution in [0, 0.1) is 0 Å². The van der Waals surface area contributed by atoms with Gasteiger partial charge in [0.2, 0.25) is 5.91 Å². The van der Waals surface area contributed by atoms with E-state index in [0.29, 0.717) is 0 Å². The van der Waals surface area contributed by atoms with Crippen LogP contribution >= 0.6 is 31.9 Å². The molecule has 0 fully saturated rings. The Bertz CT molecular complexity index is 1080. The van der Waals surface area contributed by atoms with Gasteiger partial charge in [-0.1, -0.05) is 31.9 Å². The van der Waals surface area contributed by atoms with Gasteiger partial charge in [0.25, 0.3) is 0 Å². The van der Waals surface area contributed by atoms with Crippen molar-refractivity contribution in [1.29, 1.82) is 0 Å². The molecule has 0 saturated carbocycles. The molecule has 2 aromatic carbocycles. The Balaban J connectivity index is 2.28. The fraction of sp³-hybridized carbons (Fsp3) is 0.0588. The Hall–Kier alpha value is -1.72. The molecule has 0 radical (unpaired) electrons. The van der Waals surface area contributed by atoms with Crippen LogP contribution in [0.3, 0.4) is 0 Å². The van der Waals surface area contributed by atoms with Gasteiger partial charge < -0.3 is 0 Å². The molecule has 5 heteroatoms. The Kier molecular flexibility index (Phi) is 3.09. The standard InChI is InChI=1S/C17H10Br2N2O/c1-9(22)21-15-5-3-12(19)8-13(15)17-16(21)7-10-6-11(18)2-4-14(10)20-17/h2-8H,1H3. The molecule has 0 unspecified atom stereocenters. The second-order valence-corrected chi connectivity index (χ2v) is 7.04. The first-order chi connectivity index (χ1) is 10.5. The number of halogens is 2. The highest BCUT2D eigenvalue weighted by Crippen LogP contribution is 2.32. The molecule has 0 saturated heterocycles. The van der Waals surface area contributed by atoms with Crippen LogP contribution in [0.25, 0.3) is 32.8 Å². The number of carbonyl (C=O) groups is 1. The molecular formula is C17H10Br2N2O. The number of fused-ring (bicyclic) bond motifs is 4. The summed E-state index contributed by atoms with van der Waals surface area (Å²) in [7, 11) is 0. The number of hydrogen-bond donors (Lipinski definition) is 0. The Morgan fingerprint density at radius 1 is 1.00 bits per heavy atom. The summed E-state index contributed by atoms with van der Waals surface area (Å²) in [6.07, 6.45) is 0. The lowest BCUT2D eigenvalue weighted by atomic mass is 10.2. The topological polar surface area (TPSA) is 34.9 Å². The number of aromatic nitrogens is 2. The average Bonchev–Trinajstić information content (AvgIpc) is 2.78. The van der Waals surface area contributed by atoms with Gasteiger partial charge in [-0.15, -0.1) is 0 Å². The van der Waals surface area contributed by atoms with Gasteiger partial charge in [-0.3, -0.25) is 9.36 Å². The predicted octanol–water partition coefficient (Wildman–Crippen LogP) is 5.53. The maximum atomic E-state index is 12.1. The molecule has 0 bridgehead atoms. The third-order valence-corrected chi connectivity index (χ3v) is 4.75. The zero-order valence-corrected chi connectivity index (χ0v) is 14.8. The Morgan fingerprint density at radius 3 is 2.50 bits per heavy atom. The van der Waals surface area contributed by atoms with Crippen LogP contribution in [0.2, 0.25) is 0 Å². The highest BCUT2D eigenvalue weighted by molar-refractivity contribution is 9.10. The van der Waals surface area contributed by atoms with E-state index < -0.39 is 0 Å². The quantitative estimate of drug-likeness (QED) is 0.377. The van der Waals surface area contributed by atoms with Gasteiger partial charge in [0, 0.05) is 26.6 Å². The van der Waals surface area contributed by atoms with Crippen LogP contribution in [-0.2, 0) is 0 Å². The largest absolute Gasteiger partial charge is 0.278 e. The van der Waals surface area contributed by atoms with E-state index in [1.807, 2.05) is 42.5 Å². The lowest BCUT2D eigenvalue weighted by molar-refractivity contribution is 0.0946. The van der Waals surface area contributed by atoms with Gasteiger partial charge in [-0.2, -0.15) is 0 Å². The summed E-state index contributed by atoms with van der Waals surface area (Å²) in [5.74, 6) is -0.0153. The van der Waals surface area contributed by atoms with Crippen molar-refractivity contribution in [2.45, 2.75) is 6.92 Å². The molecule has 0 aliphatic rings. The van der Waals surface area contributed by atoms with Crippen molar-refractivity contribution in [2.24, 2.45) is 0 Å². The van der Waals surface area contributed by atoms with Crippen molar-refractivity contribution in [3.05, 3.63) is 51.4 Å². The van der Waals surface area contributed by atoms with E-state index in [1.165, 1.54) is 0 Å². The molecule has 0 atom stereocenters. The fourth-order valence-electron chi connectivity index (χ4n) is 2.87. The number of carbonyl (C=O) groups excluding carboxylic acids is 1. The van der Waals surface area contributed by atoms with E-state index in [1.54, 1.807) is 11.5 Å². The number of benzene rings is 2. The molecule has 0 aliphatic carbocycles. The molecule has 4 rings (SSSR count). The molecule has 2 aromatic heterocycles. The SMILES string of the molecule is CC(=O)n1c2ccc(Br)cc2c2nc3ccc(Br)cc3cc21. The van der Waals surface area contributed by atoms with Gasteiger partial charge in [-0.25, -0.2) is 4.98 Å². The Morgan fingerprint density at radius 2 is 1.73 bits per heavy atom. The van der Waals surface area contributed by atoms with Crippen molar-refractivity contribution < 1.29 is 4.79 Å². The maximum absolute atomic E-state index is 12.1. The third kappa shape index (κ3) is 2.00. The smallest absolute Gasteiger partial charge is 0.228 e. The van der Waals surface area contributed by atoms with Gasteiger partial charge in [0.05, 0.1) is 22.1 Å². The summed E-state index contributed by atoms with van der Waals surface area (Å²) in [6.45, 7) is 1.58. The molecular weight excluding hydrogens is 408 g/mol. The first-order valence-corrected chi connectivity index (χ1v) is 8.34. The minimum absolute atomic E-state index is 0.0153. The third-order valence-electron chi connectivity index (χ3n) is 3.77. The van der Waals surface area contributed by atoms with Crippen LogP contribution < -0.4 is 0 Å². The number of hydrogen-bond acceptors (Lipinski definition) is 2. The molecule has 0 aliphatic heterocycles. The lowest BCUT2D eigenvalue weighted by Crippen LogP contribution is -2.04. The van der Waals surface area contributed by atoms with E-state index in [-0.39, 0.29) is 5.91 Å². The van der Waals surface area contributed by atoms with Crippen LogP contribution in [-0.4, -0.2) is 15.5 Å². The number of pyridine rings is 1. The van der Waals surface area contributed by atoms with Crippen LogP contribution in [0.5, 0.6) is 0 Å². The molecule has 4 aromatic rings. The van der Waals surface area contributed by atoms with Crippen LogP contribution in [0.4, 0.5) is 0 Å². The summed E-state index contributed by atoms with van der Waals surface area (Å²) in [5.41, 5.74) is 3.48. The van der Waals surface area contributed by atoms with Crippen molar-refractivity contribution in [2.75, 3.05) is 0 Å². The summed E-state index contributed by atoms with van der Waals surface area (Å²) in [6, 6.07) is 13.9. The van der Waals surface area contributed by atoms with E-state index in [4.69, 9.17) is 4.98 Å². The zero-order chi connectivity index (χ0) is 15.4. The molecule has 0 amide bonds. The van der Waals surface area contributed by atoms with Crippen LogP contribution in [0.1, 0.15) is 11.7 Å². The maximum Gasteiger partial charge on any atom is 0.228 e. The monoisotopic (exact) mass is 416 g/mol. The molecule has 22 heavy (non-hydrogen) atoms. The molecule has 2 heterocycles.